The van der Waals surface area contributed by atoms with E-state index in [-0.39, 0.29) is 17.3 Å². The van der Waals surface area contributed by atoms with Crippen LogP contribution in [-0.4, -0.2) is 30.0 Å². The van der Waals surface area contributed by atoms with Gasteiger partial charge in [0, 0.05) is 28.4 Å². The molecule has 2 aromatic heterocycles. The zero-order chi connectivity index (χ0) is 21.8. The van der Waals surface area contributed by atoms with Crippen molar-refractivity contribution in [2.45, 2.75) is 4.90 Å². The third-order valence-corrected chi connectivity index (χ3v) is 5.95. The predicted molar refractivity (Wildman–Crippen MR) is 116 cm³/mol. The van der Waals surface area contributed by atoms with E-state index in [4.69, 9.17) is 21.6 Å². The Bertz CT molecular complexity index is 1410. The molecule has 2 aromatic carbocycles. The van der Waals surface area contributed by atoms with Crippen LogP contribution >= 0.6 is 11.6 Å². The van der Waals surface area contributed by atoms with E-state index >= 15 is 0 Å². The van der Waals surface area contributed by atoms with E-state index in [9.17, 15) is 8.42 Å². The Labute approximate surface area is 183 Å². The highest BCUT2D eigenvalue weighted by atomic mass is 35.5. The summed E-state index contributed by atoms with van der Waals surface area (Å²) in [6.07, 6.45) is 4.28. The van der Waals surface area contributed by atoms with Gasteiger partial charge in [-0.05, 0) is 47.9 Å². The number of aromatic nitrogens is 3. The fourth-order valence-corrected chi connectivity index (χ4v) is 4.21. The van der Waals surface area contributed by atoms with E-state index in [2.05, 4.69) is 19.7 Å². The number of nitrogens with one attached hydrogen (secondary N) is 1. The number of sulfonamides is 1. The smallest absolute Gasteiger partial charge is 0.263 e. The lowest BCUT2D eigenvalue weighted by Crippen LogP contribution is -2.13. The molecule has 0 saturated heterocycles. The molecule has 0 saturated carbocycles. The second-order valence-electron chi connectivity index (χ2n) is 6.33. The third-order valence-electron chi connectivity index (χ3n) is 4.36. The SMILES string of the molecule is N#CCOc1cc(Cl)ccc1-c1nccc2cc(S(=O)(=O)Nc3ccncn3)ccc12. The molecule has 0 spiro atoms. The van der Waals surface area contributed by atoms with Crippen LogP contribution in [0.25, 0.3) is 22.0 Å². The lowest BCUT2D eigenvalue weighted by molar-refractivity contribution is 0.369. The minimum absolute atomic E-state index is 0.0767. The predicted octanol–water partition coefficient (Wildman–Crippen LogP) is 4.05. The van der Waals surface area contributed by atoms with E-state index in [1.165, 1.54) is 24.7 Å². The van der Waals surface area contributed by atoms with Crippen molar-refractivity contribution in [1.29, 1.82) is 5.26 Å². The van der Waals surface area contributed by atoms with E-state index in [0.717, 1.165) is 0 Å². The van der Waals surface area contributed by atoms with Gasteiger partial charge in [-0.25, -0.2) is 18.4 Å². The Morgan fingerprint density at radius 1 is 1.06 bits per heavy atom. The summed E-state index contributed by atoms with van der Waals surface area (Å²) in [5.41, 5.74) is 1.22. The summed E-state index contributed by atoms with van der Waals surface area (Å²) in [6.45, 7) is -0.144. The van der Waals surface area contributed by atoms with Gasteiger partial charge in [0.2, 0.25) is 0 Å². The molecule has 0 amide bonds. The van der Waals surface area contributed by atoms with Gasteiger partial charge in [-0.3, -0.25) is 9.71 Å². The highest BCUT2D eigenvalue weighted by Gasteiger charge is 2.18. The van der Waals surface area contributed by atoms with Gasteiger partial charge in [0.15, 0.2) is 6.61 Å². The lowest BCUT2D eigenvalue weighted by Gasteiger charge is -2.13. The Hall–Kier alpha value is -3.74. The van der Waals surface area contributed by atoms with Crippen molar-refractivity contribution in [3.63, 3.8) is 0 Å². The first-order valence-electron chi connectivity index (χ1n) is 8.95. The van der Waals surface area contributed by atoms with Crippen molar-refractivity contribution in [2.75, 3.05) is 11.3 Å². The maximum absolute atomic E-state index is 12.8. The molecule has 0 aliphatic carbocycles. The molecule has 0 unspecified atom stereocenters. The van der Waals surface area contributed by atoms with Crippen molar-refractivity contribution in [3.8, 4) is 23.1 Å². The van der Waals surface area contributed by atoms with Gasteiger partial charge >= 0.3 is 0 Å². The summed E-state index contributed by atoms with van der Waals surface area (Å²) in [6, 6.07) is 14.9. The number of hydrogen-bond acceptors (Lipinski definition) is 7. The fourth-order valence-electron chi connectivity index (χ4n) is 3.01. The van der Waals surface area contributed by atoms with Gasteiger partial charge in [0.25, 0.3) is 10.0 Å². The zero-order valence-corrected chi connectivity index (χ0v) is 17.4. The minimum atomic E-state index is -3.85. The second kappa shape index (κ2) is 8.55. The van der Waals surface area contributed by atoms with E-state index < -0.39 is 10.0 Å². The van der Waals surface area contributed by atoms with Crippen LogP contribution in [0, 0.1) is 11.3 Å². The standard InChI is InChI=1S/C21H14ClN5O3S/c22-15-1-3-18(19(12-15)30-10-7-23)21-17-4-2-16(11-14(17)5-9-25-21)31(28,29)27-20-6-8-24-13-26-20/h1-6,8-9,11-13H,10H2,(H,24,26,27). The lowest BCUT2D eigenvalue weighted by atomic mass is 10.0. The molecular weight excluding hydrogens is 438 g/mol. The molecule has 2 heterocycles. The number of fused-ring (bicyclic) bond motifs is 1. The summed E-state index contributed by atoms with van der Waals surface area (Å²) in [5.74, 6) is 0.585. The van der Waals surface area contributed by atoms with Crippen LogP contribution in [-0.2, 0) is 10.0 Å². The van der Waals surface area contributed by atoms with Crippen molar-refractivity contribution in [1.82, 2.24) is 15.0 Å². The van der Waals surface area contributed by atoms with Gasteiger partial charge in [0.05, 0.1) is 10.6 Å². The quantitative estimate of drug-likeness (QED) is 0.469. The monoisotopic (exact) mass is 451 g/mol. The first-order chi connectivity index (χ1) is 15.0. The van der Waals surface area contributed by atoms with Crippen LogP contribution in [0.1, 0.15) is 0 Å². The molecule has 0 radical (unpaired) electrons. The van der Waals surface area contributed by atoms with Crippen LogP contribution in [0.3, 0.4) is 0 Å². The molecule has 0 bridgehead atoms. The van der Waals surface area contributed by atoms with E-state index in [0.29, 0.717) is 32.8 Å². The fraction of sp³-hybridized carbons (Fsp3) is 0.0476. The van der Waals surface area contributed by atoms with Crippen LogP contribution in [0.5, 0.6) is 5.75 Å². The number of halogens is 1. The topological polar surface area (TPSA) is 118 Å². The molecular formula is C21H14ClN5O3S. The molecule has 0 aliphatic heterocycles. The Morgan fingerprint density at radius 2 is 1.94 bits per heavy atom. The normalized spacial score (nSPS) is 11.1. The van der Waals surface area contributed by atoms with Crippen LogP contribution in [0.15, 0.2) is 72.1 Å². The zero-order valence-electron chi connectivity index (χ0n) is 15.9. The minimum Gasteiger partial charge on any atom is -0.478 e. The summed E-state index contributed by atoms with van der Waals surface area (Å²) in [4.78, 5) is 12.2. The van der Waals surface area contributed by atoms with Crippen molar-refractivity contribution < 1.29 is 13.2 Å². The first-order valence-corrected chi connectivity index (χ1v) is 10.8. The van der Waals surface area contributed by atoms with Crippen molar-refractivity contribution >= 4 is 38.2 Å². The highest BCUT2D eigenvalue weighted by Crippen LogP contribution is 2.36. The van der Waals surface area contributed by atoms with Gasteiger partial charge < -0.3 is 4.74 Å². The van der Waals surface area contributed by atoms with Crippen molar-refractivity contribution in [2.24, 2.45) is 0 Å². The molecule has 8 nitrogen and oxygen atoms in total. The molecule has 4 rings (SSSR count). The van der Waals surface area contributed by atoms with Crippen LogP contribution < -0.4 is 9.46 Å². The number of nitriles is 1. The Balaban J connectivity index is 1.77. The number of nitrogens with zero attached hydrogens (tertiary/aromatic N) is 4. The largest absolute Gasteiger partial charge is 0.478 e. The average molecular weight is 452 g/mol. The average Bonchev–Trinajstić information content (AvgIpc) is 2.77. The summed E-state index contributed by atoms with van der Waals surface area (Å²) in [5, 5.41) is 10.7. The van der Waals surface area contributed by atoms with E-state index in [1.807, 2.05) is 6.07 Å². The summed E-state index contributed by atoms with van der Waals surface area (Å²) in [7, 11) is -3.85. The number of pyridine rings is 1. The molecule has 10 heteroatoms. The molecule has 4 aromatic rings. The maximum Gasteiger partial charge on any atom is 0.263 e. The first kappa shape index (κ1) is 20.5. The van der Waals surface area contributed by atoms with Gasteiger partial charge in [-0.15, -0.1) is 0 Å². The number of benzene rings is 2. The molecule has 0 fully saturated rings. The number of rotatable bonds is 6. The van der Waals surface area contributed by atoms with Crippen LogP contribution in [0.4, 0.5) is 5.82 Å². The van der Waals surface area contributed by atoms with E-state index in [1.54, 1.807) is 42.6 Å². The molecule has 0 atom stereocenters. The number of hydrogen-bond donors (Lipinski definition) is 1. The maximum atomic E-state index is 12.8. The summed E-state index contributed by atoms with van der Waals surface area (Å²) >= 11 is 6.07. The second-order valence-corrected chi connectivity index (χ2v) is 8.45. The van der Waals surface area contributed by atoms with Gasteiger partial charge in [-0.1, -0.05) is 17.7 Å². The van der Waals surface area contributed by atoms with Crippen molar-refractivity contribution in [3.05, 3.63) is 72.3 Å². The Morgan fingerprint density at radius 3 is 2.71 bits per heavy atom. The molecule has 1 N–H and O–H groups in total. The molecule has 0 aliphatic rings. The Kier molecular flexibility index (Phi) is 5.66. The third kappa shape index (κ3) is 4.40. The molecule has 154 valence electrons. The number of anilines is 1. The molecule has 31 heavy (non-hydrogen) atoms. The summed E-state index contributed by atoms with van der Waals surface area (Å²) < 4.78 is 33.5. The van der Waals surface area contributed by atoms with Gasteiger partial charge in [0.1, 0.15) is 24.0 Å². The number of ether oxygens (including phenoxy) is 1. The highest BCUT2D eigenvalue weighted by molar-refractivity contribution is 7.92. The van der Waals surface area contributed by atoms with Gasteiger partial charge in [-0.2, -0.15) is 5.26 Å². The van der Waals surface area contributed by atoms with Crippen LogP contribution in [0.2, 0.25) is 5.02 Å².